The molecule has 0 spiro atoms. The first kappa shape index (κ1) is 27.9. The number of nitrogens with one attached hydrogen (secondary N) is 1. The van der Waals surface area contributed by atoms with Gasteiger partial charge >= 0.3 is 0 Å². The topological polar surface area (TPSA) is 99.5 Å². The van der Waals surface area contributed by atoms with E-state index in [2.05, 4.69) is 10.8 Å². The maximum Gasteiger partial charge on any atom is 0.209 e. The summed E-state index contributed by atoms with van der Waals surface area (Å²) >= 11 is 12.9. The van der Waals surface area contributed by atoms with Crippen molar-refractivity contribution in [3.05, 3.63) is 57.1 Å². The number of hydrogen-bond donors (Lipinski definition) is 1. The second-order valence-corrected chi connectivity index (χ2v) is 11.2. The van der Waals surface area contributed by atoms with Crippen molar-refractivity contribution >= 4 is 44.7 Å². The van der Waals surface area contributed by atoms with Gasteiger partial charge in [-0.1, -0.05) is 50.0 Å². The second kappa shape index (κ2) is 11.4. The number of nitrogens with zero attached hydrogens (tertiary/aromatic N) is 2. The molecule has 184 valence electrons. The van der Waals surface area contributed by atoms with Gasteiger partial charge in [0.2, 0.25) is 10.0 Å². The third-order valence-corrected chi connectivity index (χ3v) is 6.60. The molecule has 0 aromatic heterocycles. The smallest absolute Gasteiger partial charge is 0.209 e. The molecule has 0 unspecified atom stereocenters. The Morgan fingerprint density at radius 1 is 1.18 bits per heavy atom. The van der Waals surface area contributed by atoms with Crippen LogP contribution in [0.3, 0.4) is 0 Å². The largest absolute Gasteiger partial charge is 0.490 e. The van der Waals surface area contributed by atoms with E-state index in [1.165, 1.54) is 0 Å². The molecule has 0 radical (unpaired) electrons. The Morgan fingerprint density at radius 2 is 1.79 bits per heavy atom. The third kappa shape index (κ3) is 7.09. The monoisotopic (exact) mass is 525 g/mol. The van der Waals surface area contributed by atoms with Gasteiger partial charge in [-0.3, -0.25) is 4.79 Å². The van der Waals surface area contributed by atoms with Crippen molar-refractivity contribution in [2.24, 2.45) is 0 Å². The summed E-state index contributed by atoms with van der Waals surface area (Å²) in [6.45, 7) is 6.15. The van der Waals surface area contributed by atoms with Gasteiger partial charge in [-0.25, -0.2) is 13.1 Å². The quantitative estimate of drug-likeness (QED) is 0.462. The van der Waals surface area contributed by atoms with Gasteiger partial charge in [-0.2, -0.15) is 5.26 Å². The Hall–Kier alpha value is -2.31. The van der Waals surface area contributed by atoms with Crippen LogP contribution in [0.15, 0.2) is 30.3 Å². The van der Waals surface area contributed by atoms with E-state index in [9.17, 15) is 18.5 Å². The van der Waals surface area contributed by atoms with E-state index in [0.717, 1.165) is 23.8 Å². The van der Waals surface area contributed by atoms with Crippen LogP contribution in [0, 0.1) is 11.3 Å². The number of carbonyl (C=O) groups is 1. The SMILES string of the molecule is CCCOc1c(Cl)cc(C(C)(C)c2ccc(N(C)CC(=O)CNS(C)(=O)=O)c(C#N)c2)cc1Cl. The number of ether oxygens (including phenoxy) is 1. The van der Waals surface area contributed by atoms with E-state index in [0.29, 0.717) is 33.7 Å². The fourth-order valence-electron chi connectivity index (χ4n) is 3.39. The minimum atomic E-state index is -3.46. The highest BCUT2D eigenvalue weighted by atomic mass is 35.5. The van der Waals surface area contributed by atoms with Gasteiger partial charge in [0.25, 0.3) is 0 Å². The summed E-state index contributed by atoms with van der Waals surface area (Å²) in [4.78, 5) is 13.8. The minimum Gasteiger partial charge on any atom is -0.490 e. The van der Waals surface area contributed by atoms with Crippen LogP contribution in [-0.4, -0.2) is 47.2 Å². The molecule has 0 saturated heterocycles. The van der Waals surface area contributed by atoms with Gasteiger partial charge < -0.3 is 9.64 Å². The number of anilines is 1. The summed E-state index contributed by atoms with van der Waals surface area (Å²) in [6.07, 6.45) is 1.82. The number of likely N-dealkylation sites (N-methyl/N-ethyl adjacent to an activating group) is 1. The molecule has 0 aliphatic heterocycles. The highest BCUT2D eigenvalue weighted by Crippen LogP contribution is 2.41. The Kier molecular flexibility index (Phi) is 9.37. The molecule has 7 nitrogen and oxygen atoms in total. The van der Waals surface area contributed by atoms with E-state index in [1.807, 2.05) is 39.0 Å². The number of Topliss-reactive ketones (excluding diaryl/α,β-unsaturated/α-hetero) is 1. The van der Waals surface area contributed by atoms with Crippen LogP contribution in [0.2, 0.25) is 10.0 Å². The van der Waals surface area contributed by atoms with Crippen molar-refractivity contribution in [2.45, 2.75) is 32.6 Å². The number of carbonyl (C=O) groups excluding carboxylic acids is 1. The van der Waals surface area contributed by atoms with Gasteiger partial charge in [0, 0.05) is 12.5 Å². The number of sulfonamides is 1. The molecule has 2 aromatic rings. The van der Waals surface area contributed by atoms with Crippen LogP contribution in [-0.2, 0) is 20.2 Å². The lowest BCUT2D eigenvalue weighted by atomic mass is 9.77. The molecule has 0 saturated carbocycles. The Morgan fingerprint density at radius 3 is 2.32 bits per heavy atom. The van der Waals surface area contributed by atoms with Gasteiger partial charge in [0.1, 0.15) is 6.07 Å². The molecule has 34 heavy (non-hydrogen) atoms. The number of ketones is 1. The van der Waals surface area contributed by atoms with E-state index in [-0.39, 0.29) is 18.9 Å². The predicted octanol–water partition coefficient (Wildman–Crippen LogP) is 4.53. The van der Waals surface area contributed by atoms with E-state index in [4.69, 9.17) is 27.9 Å². The van der Waals surface area contributed by atoms with E-state index in [1.54, 1.807) is 24.1 Å². The molecule has 0 bridgehead atoms. The average Bonchev–Trinajstić information content (AvgIpc) is 2.76. The molecule has 10 heteroatoms. The molecule has 0 heterocycles. The maximum absolute atomic E-state index is 12.2. The summed E-state index contributed by atoms with van der Waals surface area (Å²) in [5.41, 5.74) is 2.14. The zero-order valence-electron chi connectivity index (χ0n) is 19.9. The second-order valence-electron chi connectivity index (χ2n) is 8.57. The molecule has 0 aliphatic carbocycles. The van der Waals surface area contributed by atoms with Crippen molar-refractivity contribution in [3.63, 3.8) is 0 Å². The third-order valence-electron chi connectivity index (χ3n) is 5.37. The number of rotatable bonds is 11. The number of hydrogen-bond acceptors (Lipinski definition) is 6. The molecule has 0 aliphatic rings. The van der Waals surface area contributed by atoms with Crippen molar-refractivity contribution in [1.82, 2.24) is 4.72 Å². The molecule has 0 fully saturated rings. The molecule has 2 rings (SSSR count). The molecule has 1 N–H and O–H groups in total. The average molecular weight is 526 g/mol. The Bertz CT molecular complexity index is 1180. The zero-order chi connectivity index (χ0) is 25.7. The zero-order valence-corrected chi connectivity index (χ0v) is 22.2. The van der Waals surface area contributed by atoms with Gasteiger partial charge in [0.15, 0.2) is 11.5 Å². The molecular weight excluding hydrogens is 497 g/mol. The van der Waals surface area contributed by atoms with Crippen molar-refractivity contribution in [1.29, 1.82) is 5.26 Å². The summed E-state index contributed by atoms with van der Waals surface area (Å²) in [5, 5.41) is 10.6. The normalized spacial score (nSPS) is 11.7. The van der Waals surface area contributed by atoms with Crippen molar-refractivity contribution in [3.8, 4) is 11.8 Å². The molecular formula is C24H29Cl2N3O4S. The number of nitriles is 1. The first-order valence-electron chi connectivity index (χ1n) is 10.6. The van der Waals surface area contributed by atoms with Crippen LogP contribution in [0.1, 0.15) is 43.9 Å². The summed E-state index contributed by atoms with van der Waals surface area (Å²) in [6, 6.07) is 11.3. The standard InChI is InChI=1S/C24H29Cl2N3O4S/c1-6-9-33-23-20(25)11-18(12-21(23)26)24(2,3)17-7-8-22(16(10-17)13-27)29(4)15-19(30)14-28-34(5,31)32/h7-8,10-12,28H,6,9,14-15H2,1-5H3. The van der Waals surface area contributed by atoms with Crippen LogP contribution in [0.4, 0.5) is 5.69 Å². The molecule has 0 atom stereocenters. The lowest BCUT2D eigenvalue weighted by molar-refractivity contribution is -0.116. The lowest BCUT2D eigenvalue weighted by Gasteiger charge is -2.29. The van der Waals surface area contributed by atoms with E-state index >= 15 is 0 Å². The summed E-state index contributed by atoms with van der Waals surface area (Å²) in [7, 11) is -1.79. The van der Waals surface area contributed by atoms with Gasteiger partial charge in [-0.15, -0.1) is 0 Å². The predicted molar refractivity (Wildman–Crippen MR) is 137 cm³/mol. The maximum atomic E-state index is 12.2. The van der Waals surface area contributed by atoms with Crippen molar-refractivity contribution < 1.29 is 17.9 Å². The summed E-state index contributed by atoms with van der Waals surface area (Å²) < 4.78 is 30.2. The van der Waals surface area contributed by atoms with Gasteiger partial charge in [-0.05, 0) is 41.8 Å². The van der Waals surface area contributed by atoms with Crippen LogP contribution in [0.5, 0.6) is 5.75 Å². The summed E-state index contributed by atoms with van der Waals surface area (Å²) in [5.74, 6) is 0.130. The first-order valence-corrected chi connectivity index (χ1v) is 13.3. The fraction of sp³-hybridized carbons (Fsp3) is 0.417. The highest BCUT2D eigenvalue weighted by Gasteiger charge is 2.27. The number of benzene rings is 2. The van der Waals surface area contributed by atoms with Crippen molar-refractivity contribution in [2.75, 3.05) is 37.9 Å². The lowest BCUT2D eigenvalue weighted by Crippen LogP contribution is -2.35. The highest BCUT2D eigenvalue weighted by molar-refractivity contribution is 7.88. The first-order chi connectivity index (χ1) is 15.8. The van der Waals surface area contributed by atoms with Crippen LogP contribution in [0.25, 0.3) is 0 Å². The fourth-order valence-corrected chi connectivity index (χ4v) is 4.41. The van der Waals surface area contributed by atoms with E-state index < -0.39 is 15.4 Å². The van der Waals surface area contributed by atoms with Crippen LogP contribution >= 0.6 is 23.2 Å². The van der Waals surface area contributed by atoms with Crippen LogP contribution < -0.4 is 14.4 Å². The number of halogens is 2. The Labute approximate surface area is 211 Å². The minimum absolute atomic E-state index is 0.0512. The van der Waals surface area contributed by atoms with Gasteiger partial charge in [0.05, 0.1) is 47.2 Å². The molecule has 0 amide bonds. The Balaban J connectivity index is 2.32. The molecule has 2 aromatic carbocycles.